The van der Waals surface area contributed by atoms with Crippen LogP contribution in [0.3, 0.4) is 0 Å². The van der Waals surface area contributed by atoms with E-state index in [9.17, 15) is 0 Å². The highest BCUT2D eigenvalue weighted by Crippen LogP contribution is 2.20. The summed E-state index contributed by atoms with van der Waals surface area (Å²) in [6.45, 7) is 6.84. The van der Waals surface area contributed by atoms with Crippen LogP contribution in [0, 0.1) is 0 Å². The molecule has 0 aromatic rings. The lowest BCUT2D eigenvalue weighted by Crippen LogP contribution is -1.96. The van der Waals surface area contributed by atoms with Crippen LogP contribution >= 0.6 is 33.2 Å². The first-order valence-corrected chi connectivity index (χ1v) is 7.86. The average molecular weight is 370 g/mol. The molecule has 0 radical (unpaired) electrons. The molecule has 17 heavy (non-hydrogen) atoms. The average Bonchev–Trinajstić information content (AvgIpc) is 2.30. The largest absolute Gasteiger partial charge is 0.130 e. The van der Waals surface area contributed by atoms with Crippen LogP contribution in [0.25, 0.3) is 0 Å². The Labute approximate surface area is 129 Å². The van der Waals surface area contributed by atoms with Gasteiger partial charge in [0, 0.05) is 0 Å². The first kappa shape index (κ1) is 20.2. The number of hydrogen-bond acceptors (Lipinski definition) is 0. The smallest absolute Gasteiger partial charge is 0.00830 e. The topological polar surface area (TPSA) is 0 Å². The maximum absolute atomic E-state index is 3.01. The minimum atomic E-state index is 0. The van der Waals surface area contributed by atoms with Crippen LogP contribution < -0.4 is 0 Å². The van der Waals surface area contributed by atoms with E-state index in [2.05, 4.69) is 36.1 Å². The Hall–Kier alpha value is 0.900. The molecule has 2 heteroatoms. The molecule has 0 saturated heterocycles. The van der Waals surface area contributed by atoms with E-state index in [4.69, 9.17) is 0 Å². The van der Waals surface area contributed by atoms with E-state index < -0.39 is 0 Å². The molecule has 0 spiro atoms. The molecule has 104 valence electrons. The van der Waals surface area contributed by atoms with Crippen molar-refractivity contribution in [3.8, 4) is 0 Å². The summed E-state index contributed by atoms with van der Waals surface area (Å²) >= 11 is 0. The SMILES string of the molecule is CCCCC(=CC(P)CCCC)CCCC.I. The van der Waals surface area contributed by atoms with Crippen molar-refractivity contribution in [1.82, 2.24) is 0 Å². The summed E-state index contributed by atoms with van der Waals surface area (Å²) in [5.41, 5.74) is 2.42. The molecule has 0 nitrogen and oxygen atoms in total. The van der Waals surface area contributed by atoms with Crippen LogP contribution in [0.2, 0.25) is 0 Å². The Kier molecular flexibility index (Phi) is 17.8. The standard InChI is InChI=1S/C15H31P.HI/c1-4-7-10-14(11-8-5-2)13-15(16)12-9-6-3;/h13,15H,4-12,16H2,1-3H3;1H. The van der Waals surface area contributed by atoms with Gasteiger partial charge >= 0.3 is 0 Å². The highest BCUT2D eigenvalue weighted by Gasteiger charge is 2.02. The van der Waals surface area contributed by atoms with Gasteiger partial charge in [-0.2, -0.15) is 0 Å². The normalized spacial score (nSPS) is 11.8. The number of rotatable bonds is 10. The van der Waals surface area contributed by atoms with E-state index in [-0.39, 0.29) is 24.0 Å². The lowest BCUT2D eigenvalue weighted by molar-refractivity contribution is 0.695. The van der Waals surface area contributed by atoms with Gasteiger partial charge < -0.3 is 0 Å². The molecule has 0 fully saturated rings. The second-order valence-corrected chi connectivity index (χ2v) is 5.69. The summed E-state index contributed by atoms with van der Waals surface area (Å²) in [7, 11) is 3.01. The van der Waals surface area contributed by atoms with Crippen molar-refractivity contribution in [3.63, 3.8) is 0 Å². The molecule has 0 saturated carbocycles. The fraction of sp³-hybridized carbons (Fsp3) is 0.867. The van der Waals surface area contributed by atoms with Crippen molar-refractivity contribution in [3.05, 3.63) is 11.6 Å². The number of halogens is 1. The van der Waals surface area contributed by atoms with Crippen LogP contribution in [0.5, 0.6) is 0 Å². The second kappa shape index (κ2) is 15.0. The van der Waals surface area contributed by atoms with Gasteiger partial charge in [-0.15, -0.1) is 33.2 Å². The predicted octanol–water partition coefficient (Wildman–Crippen LogP) is 6.35. The van der Waals surface area contributed by atoms with Crippen LogP contribution in [-0.2, 0) is 0 Å². The minimum absolute atomic E-state index is 0. The molecule has 0 aliphatic heterocycles. The molecule has 0 rings (SSSR count). The maximum Gasteiger partial charge on any atom is -0.00830 e. The summed E-state index contributed by atoms with van der Waals surface area (Å²) in [5, 5.41) is 0. The fourth-order valence-electron chi connectivity index (χ4n) is 1.93. The molecule has 2 atom stereocenters. The van der Waals surface area contributed by atoms with E-state index in [0.29, 0.717) is 5.66 Å². The van der Waals surface area contributed by atoms with Gasteiger partial charge in [-0.25, -0.2) is 0 Å². The van der Waals surface area contributed by atoms with E-state index in [1.54, 1.807) is 5.57 Å². The van der Waals surface area contributed by atoms with Gasteiger partial charge in [-0.3, -0.25) is 0 Å². The molecule has 0 amide bonds. The second-order valence-electron chi connectivity index (χ2n) is 4.84. The molecule has 0 aromatic heterocycles. The van der Waals surface area contributed by atoms with E-state index in [1.165, 1.54) is 57.8 Å². The van der Waals surface area contributed by atoms with Crippen molar-refractivity contribution in [2.75, 3.05) is 0 Å². The Morgan fingerprint density at radius 3 is 1.82 bits per heavy atom. The van der Waals surface area contributed by atoms with Gasteiger partial charge in [0.25, 0.3) is 0 Å². The quantitative estimate of drug-likeness (QED) is 0.239. The molecular weight excluding hydrogens is 338 g/mol. The molecule has 0 N–H and O–H groups in total. The molecule has 0 aliphatic rings. The molecule has 0 heterocycles. The maximum atomic E-state index is 3.01. The third kappa shape index (κ3) is 13.1. The Morgan fingerprint density at radius 1 is 0.941 bits per heavy atom. The third-order valence-corrected chi connectivity index (χ3v) is 3.57. The molecule has 0 bridgehead atoms. The third-order valence-electron chi connectivity index (χ3n) is 3.04. The van der Waals surface area contributed by atoms with Crippen molar-refractivity contribution in [1.29, 1.82) is 0 Å². The number of hydrogen-bond donors (Lipinski definition) is 0. The first-order valence-electron chi connectivity index (χ1n) is 7.19. The highest BCUT2D eigenvalue weighted by molar-refractivity contribution is 14.0. The summed E-state index contributed by atoms with van der Waals surface area (Å²) in [6.07, 6.45) is 14.6. The van der Waals surface area contributed by atoms with Crippen LogP contribution in [-0.4, -0.2) is 5.66 Å². The van der Waals surface area contributed by atoms with Gasteiger partial charge in [-0.1, -0.05) is 58.1 Å². The zero-order valence-electron chi connectivity index (χ0n) is 12.0. The Morgan fingerprint density at radius 2 is 1.41 bits per heavy atom. The van der Waals surface area contributed by atoms with Crippen molar-refractivity contribution in [2.24, 2.45) is 0 Å². The summed E-state index contributed by atoms with van der Waals surface area (Å²) in [5.74, 6) is 0. The van der Waals surface area contributed by atoms with E-state index in [1.807, 2.05) is 0 Å². The monoisotopic (exact) mass is 370 g/mol. The van der Waals surface area contributed by atoms with Gasteiger partial charge in [0.1, 0.15) is 0 Å². The van der Waals surface area contributed by atoms with Gasteiger partial charge in [0.05, 0.1) is 0 Å². The van der Waals surface area contributed by atoms with Crippen molar-refractivity contribution < 1.29 is 0 Å². The number of allylic oxidation sites excluding steroid dienone is 2. The molecule has 2 unspecified atom stereocenters. The molecular formula is C15H32IP. The fourth-order valence-corrected chi connectivity index (χ4v) is 2.43. The van der Waals surface area contributed by atoms with Gasteiger partial charge in [-0.05, 0) is 37.8 Å². The minimum Gasteiger partial charge on any atom is -0.130 e. The lowest BCUT2D eigenvalue weighted by atomic mass is 10.0. The number of unbranched alkanes of at least 4 members (excludes halogenated alkanes) is 3. The molecule has 0 aliphatic carbocycles. The van der Waals surface area contributed by atoms with Crippen LogP contribution in [0.4, 0.5) is 0 Å². The zero-order chi connectivity index (χ0) is 12.2. The van der Waals surface area contributed by atoms with Crippen LogP contribution in [0.1, 0.15) is 78.6 Å². The van der Waals surface area contributed by atoms with Gasteiger partial charge in [0.15, 0.2) is 0 Å². The zero-order valence-corrected chi connectivity index (χ0v) is 15.5. The van der Waals surface area contributed by atoms with Crippen LogP contribution in [0.15, 0.2) is 11.6 Å². The first-order chi connectivity index (χ1) is 7.74. The van der Waals surface area contributed by atoms with E-state index in [0.717, 1.165) is 0 Å². The van der Waals surface area contributed by atoms with Crippen molar-refractivity contribution in [2.45, 2.75) is 84.2 Å². The van der Waals surface area contributed by atoms with Crippen molar-refractivity contribution >= 4 is 33.2 Å². The Balaban J connectivity index is 0. The lowest BCUT2D eigenvalue weighted by Gasteiger charge is -2.11. The summed E-state index contributed by atoms with van der Waals surface area (Å²) in [4.78, 5) is 0. The van der Waals surface area contributed by atoms with Gasteiger partial charge in [0.2, 0.25) is 0 Å². The van der Waals surface area contributed by atoms with E-state index >= 15 is 0 Å². The highest BCUT2D eigenvalue weighted by atomic mass is 127. The summed E-state index contributed by atoms with van der Waals surface area (Å²) in [6, 6.07) is 0. The Bertz CT molecular complexity index is 168. The summed E-state index contributed by atoms with van der Waals surface area (Å²) < 4.78 is 0. The molecule has 0 aromatic carbocycles. The predicted molar refractivity (Wildman–Crippen MR) is 95.6 cm³/mol.